The fourth-order valence-electron chi connectivity index (χ4n) is 2.50. The van der Waals surface area contributed by atoms with Gasteiger partial charge in [0, 0.05) is 13.1 Å². The third-order valence-corrected chi connectivity index (χ3v) is 3.82. The average molecular weight is 312 g/mol. The minimum absolute atomic E-state index is 0.250. The van der Waals surface area contributed by atoms with Crippen LogP contribution in [-0.2, 0) is 0 Å². The maximum absolute atomic E-state index is 12.1. The van der Waals surface area contributed by atoms with Crippen molar-refractivity contribution in [3.8, 4) is 5.75 Å². The van der Waals surface area contributed by atoms with Crippen molar-refractivity contribution in [3.05, 3.63) is 28.7 Å². The third-order valence-electron chi connectivity index (χ3n) is 3.16. The van der Waals surface area contributed by atoms with Gasteiger partial charge in [0.2, 0.25) is 0 Å². The van der Waals surface area contributed by atoms with Crippen molar-refractivity contribution in [2.24, 2.45) is 11.8 Å². The van der Waals surface area contributed by atoms with Gasteiger partial charge in [0.25, 0.3) is 0 Å². The van der Waals surface area contributed by atoms with Crippen LogP contribution >= 0.6 is 15.9 Å². The van der Waals surface area contributed by atoms with Gasteiger partial charge in [0.05, 0.1) is 4.47 Å². The van der Waals surface area contributed by atoms with Crippen LogP contribution in [0.4, 0.5) is 4.79 Å². The molecule has 1 amide bonds. The number of hydrogen-bond donors (Lipinski definition) is 0. The number of carbonyl (C=O) groups excluding carboxylic acids is 1. The molecule has 0 aliphatic carbocycles. The lowest BCUT2D eigenvalue weighted by molar-refractivity contribution is 0.112. The topological polar surface area (TPSA) is 29.5 Å². The lowest BCUT2D eigenvalue weighted by Gasteiger charge is -2.34. The van der Waals surface area contributed by atoms with E-state index >= 15 is 0 Å². The molecule has 2 atom stereocenters. The minimum atomic E-state index is -0.250. The van der Waals surface area contributed by atoms with E-state index in [-0.39, 0.29) is 6.09 Å². The Hall–Kier alpha value is -1.03. The van der Waals surface area contributed by atoms with Gasteiger partial charge in [-0.2, -0.15) is 0 Å². The van der Waals surface area contributed by atoms with Gasteiger partial charge in [-0.3, -0.25) is 0 Å². The molecule has 0 bridgehead atoms. The zero-order valence-electron chi connectivity index (χ0n) is 10.7. The first kappa shape index (κ1) is 13.4. The van der Waals surface area contributed by atoms with Crippen LogP contribution in [-0.4, -0.2) is 24.1 Å². The first-order valence-corrected chi connectivity index (χ1v) is 7.07. The van der Waals surface area contributed by atoms with Crippen LogP contribution < -0.4 is 4.74 Å². The summed E-state index contributed by atoms with van der Waals surface area (Å²) < 4.78 is 6.22. The van der Waals surface area contributed by atoms with Gasteiger partial charge in [0.1, 0.15) is 5.75 Å². The smallest absolute Gasteiger partial charge is 0.409 e. The lowest BCUT2D eigenvalue weighted by atomic mass is 9.92. The van der Waals surface area contributed by atoms with Crippen LogP contribution in [0.15, 0.2) is 28.7 Å². The molecule has 4 heteroatoms. The Bertz CT molecular complexity index is 426. The number of halogens is 1. The molecule has 1 aromatic rings. The van der Waals surface area contributed by atoms with E-state index in [9.17, 15) is 4.79 Å². The highest BCUT2D eigenvalue weighted by Gasteiger charge is 2.26. The Morgan fingerprint density at radius 1 is 1.28 bits per heavy atom. The predicted octanol–water partition coefficient (Wildman–Crippen LogP) is 3.93. The highest BCUT2D eigenvalue weighted by atomic mass is 79.9. The van der Waals surface area contributed by atoms with Crippen molar-refractivity contribution in [2.45, 2.75) is 20.3 Å². The molecule has 1 aliphatic heterocycles. The molecule has 0 spiro atoms. The van der Waals surface area contributed by atoms with Gasteiger partial charge >= 0.3 is 6.09 Å². The van der Waals surface area contributed by atoms with Crippen molar-refractivity contribution in [1.82, 2.24) is 4.90 Å². The molecule has 1 saturated heterocycles. The summed E-state index contributed by atoms with van der Waals surface area (Å²) in [6.07, 6.45) is 0.930. The predicted molar refractivity (Wildman–Crippen MR) is 74.7 cm³/mol. The fourth-order valence-corrected chi connectivity index (χ4v) is 2.86. The van der Waals surface area contributed by atoms with E-state index in [1.165, 1.54) is 6.42 Å². The molecule has 2 rings (SSSR count). The molecule has 3 nitrogen and oxygen atoms in total. The maximum Gasteiger partial charge on any atom is 0.415 e. The molecule has 1 aromatic carbocycles. The summed E-state index contributed by atoms with van der Waals surface area (Å²) >= 11 is 3.38. The van der Waals surface area contributed by atoms with Crippen molar-refractivity contribution in [3.63, 3.8) is 0 Å². The molecule has 1 fully saturated rings. The van der Waals surface area contributed by atoms with Crippen LogP contribution in [0.5, 0.6) is 5.75 Å². The quantitative estimate of drug-likeness (QED) is 0.786. The third kappa shape index (κ3) is 3.25. The van der Waals surface area contributed by atoms with Crippen LogP contribution in [0.3, 0.4) is 0 Å². The van der Waals surface area contributed by atoms with E-state index in [4.69, 9.17) is 4.74 Å². The summed E-state index contributed by atoms with van der Waals surface area (Å²) in [5.74, 6) is 1.66. The van der Waals surface area contributed by atoms with Gasteiger partial charge in [-0.15, -0.1) is 0 Å². The largest absolute Gasteiger partial charge is 0.415 e. The van der Waals surface area contributed by atoms with E-state index in [0.29, 0.717) is 17.6 Å². The molecule has 0 N–H and O–H groups in total. The second-order valence-electron chi connectivity index (χ2n) is 5.15. The maximum atomic E-state index is 12.1. The normalized spacial score (nSPS) is 23.8. The van der Waals surface area contributed by atoms with Crippen molar-refractivity contribution in [2.75, 3.05) is 13.1 Å². The zero-order chi connectivity index (χ0) is 13.1. The van der Waals surface area contributed by atoms with Gasteiger partial charge in [-0.05, 0) is 46.3 Å². The number of amides is 1. The summed E-state index contributed by atoms with van der Waals surface area (Å²) in [5.41, 5.74) is 0. The second kappa shape index (κ2) is 5.74. The summed E-state index contributed by atoms with van der Waals surface area (Å²) in [7, 11) is 0. The standard InChI is InChI=1S/C14H18BrNO2/c1-10-7-11(2)9-16(8-10)14(17)18-13-6-4-3-5-12(13)15/h3-6,10-11H,7-9H2,1-2H3. The number of carbonyl (C=O) groups is 1. The minimum Gasteiger partial charge on any atom is -0.409 e. The van der Waals surface area contributed by atoms with Gasteiger partial charge in [-0.25, -0.2) is 4.79 Å². The molecular weight excluding hydrogens is 294 g/mol. The first-order valence-electron chi connectivity index (χ1n) is 6.27. The molecule has 0 aromatic heterocycles. The van der Waals surface area contributed by atoms with Gasteiger partial charge in [0.15, 0.2) is 0 Å². The van der Waals surface area contributed by atoms with Crippen molar-refractivity contribution < 1.29 is 9.53 Å². The van der Waals surface area contributed by atoms with Crippen molar-refractivity contribution in [1.29, 1.82) is 0 Å². The Balaban J connectivity index is 2.02. The van der Waals surface area contributed by atoms with Crippen LogP contribution in [0.2, 0.25) is 0 Å². The lowest BCUT2D eigenvalue weighted by Crippen LogP contribution is -2.43. The van der Waals surface area contributed by atoms with E-state index in [1.807, 2.05) is 18.2 Å². The van der Waals surface area contributed by atoms with Crippen LogP contribution in [0, 0.1) is 11.8 Å². The highest BCUT2D eigenvalue weighted by molar-refractivity contribution is 9.10. The monoisotopic (exact) mass is 311 g/mol. The Morgan fingerprint density at radius 2 is 1.89 bits per heavy atom. The number of nitrogens with zero attached hydrogens (tertiary/aromatic N) is 1. The van der Waals surface area contributed by atoms with E-state index in [1.54, 1.807) is 11.0 Å². The van der Waals surface area contributed by atoms with E-state index < -0.39 is 0 Å². The number of likely N-dealkylation sites (tertiary alicyclic amines) is 1. The van der Waals surface area contributed by atoms with E-state index in [2.05, 4.69) is 29.8 Å². The van der Waals surface area contributed by atoms with Gasteiger partial charge in [-0.1, -0.05) is 26.0 Å². The summed E-state index contributed by atoms with van der Waals surface area (Å²) in [5, 5.41) is 0. The molecule has 18 heavy (non-hydrogen) atoms. The number of para-hydroxylation sites is 1. The second-order valence-corrected chi connectivity index (χ2v) is 6.00. The molecule has 0 saturated carbocycles. The number of hydrogen-bond acceptors (Lipinski definition) is 2. The molecule has 2 unspecified atom stereocenters. The Morgan fingerprint density at radius 3 is 2.50 bits per heavy atom. The number of rotatable bonds is 1. The van der Waals surface area contributed by atoms with Gasteiger partial charge < -0.3 is 9.64 Å². The number of piperidine rings is 1. The SMILES string of the molecule is CC1CC(C)CN(C(=O)Oc2ccccc2Br)C1. The first-order chi connectivity index (χ1) is 8.56. The summed E-state index contributed by atoms with van der Waals surface area (Å²) in [6, 6.07) is 7.41. The van der Waals surface area contributed by atoms with Crippen LogP contribution in [0.25, 0.3) is 0 Å². The van der Waals surface area contributed by atoms with Crippen LogP contribution in [0.1, 0.15) is 20.3 Å². The number of ether oxygens (including phenoxy) is 1. The molecule has 98 valence electrons. The van der Waals surface area contributed by atoms with E-state index in [0.717, 1.165) is 17.6 Å². The average Bonchev–Trinajstić information content (AvgIpc) is 2.31. The zero-order valence-corrected chi connectivity index (χ0v) is 12.3. The molecule has 1 aliphatic rings. The summed E-state index contributed by atoms with van der Waals surface area (Å²) in [4.78, 5) is 13.9. The molecule has 0 radical (unpaired) electrons. The molecule has 1 heterocycles. The summed E-state index contributed by atoms with van der Waals surface area (Å²) in [6.45, 7) is 5.92. The fraction of sp³-hybridized carbons (Fsp3) is 0.500. The highest BCUT2D eigenvalue weighted by Crippen LogP contribution is 2.26. The number of benzene rings is 1. The molecular formula is C14H18BrNO2. The Kier molecular flexibility index (Phi) is 4.27. The Labute approximate surface area is 116 Å². The van der Waals surface area contributed by atoms with Crippen molar-refractivity contribution >= 4 is 22.0 Å².